The molecule has 4 heteroatoms. The second kappa shape index (κ2) is 6.86. The predicted octanol–water partition coefficient (Wildman–Crippen LogP) is 0.509. The van der Waals surface area contributed by atoms with Crippen LogP contribution in [0.2, 0.25) is 0 Å². The molecular formula is C12H24N2O2. The number of carbonyl (C=O) groups excluding carboxylic acids is 1. The number of carbonyl (C=O) groups is 1. The molecular weight excluding hydrogens is 204 g/mol. The van der Waals surface area contributed by atoms with Crippen LogP contribution in [0.25, 0.3) is 0 Å². The van der Waals surface area contributed by atoms with Gasteiger partial charge in [-0.2, -0.15) is 0 Å². The molecule has 1 aliphatic heterocycles. The summed E-state index contributed by atoms with van der Waals surface area (Å²) in [6, 6.07) is 0.0548. The van der Waals surface area contributed by atoms with Crippen LogP contribution in [0.5, 0.6) is 0 Å². The van der Waals surface area contributed by atoms with Crippen molar-refractivity contribution < 1.29 is 9.90 Å². The van der Waals surface area contributed by atoms with Crippen molar-refractivity contribution in [2.75, 3.05) is 19.7 Å². The third-order valence-electron chi connectivity index (χ3n) is 3.47. The van der Waals surface area contributed by atoms with Gasteiger partial charge >= 0.3 is 0 Å². The van der Waals surface area contributed by atoms with Gasteiger partial charge in [0.25, 0.3) is 0 Å². The van der Waals surface area contributed by atoms with E-state index in [4.69, 9.17) is 5.11 Å². The van der Waals surface area contributed by atoms with Crippen molar-refractivity contribution in [2.45, 2.75) is 39.2 Å². The summed E-state index contributed by atoms with van der Waals surface area (Å²) in [5.41, 5.74) is 0. The van der Waals surface area contributed by atoms with Crippen LogP contribution in [0, 0.1) is 11.8 Å². The molecule has 1 amide bonds. The lowest BCUT2D eigenvalue weighted by molar-refractivity contribution is -0.122. The van der Waals surface area contributed by atoms with Gasteiger partial charge < -0.3 is 15.7 Å². The average Bonchev–Trinajstić information content (AvgIpc) is 2.78. The minimum Gasteiger partial charge on any atom is -0.396 e. The Labute approximate surface area is 97.8 Å². The summed E-state index contributed by atoms with van der Waals surface area (Å²) in [6.07, 6.45) is 2.77. The molecule has 0 aromatic heterocycles. The van der Waals surface area contributed by atoms with E-state index in [1.54, 1.807) is 0 Å². The highest BCUT2D eigenvalue weighted by Gasteiger charge is 2.17. The molecule has 0 radical (unpaired) electrons. The van der Waals surface area contributed by atoms with E-state index in [9.17, 15) is 4.79 Å². The third-order valence-corrected chi connectivity index (χ3v) is 3.47. The Morgan fingerprint density at radius 3 is 2.88 bits per heavy atom. The fourth-order valence-corrected chi connectivity index (χ4v) is 1.92. The van der Waals surface area contributed by atoms with Crippen LogP contribution in [0.15, 0.2) is 0 Å². The summed E-state index contributed by atoms with van der Waals surface area (Å²) in [5.74, 6) is 0.896. The topological polar surface area (TPSA) is 61.4 Å². The third kappa shape index (κ3) is 4.49. The van der Waals surface area contributed by atoms with Crippen molar-refractivity contribution in [2.24, 2.45) is 11.8 Å². The summed E-state index contributed by atoms with van der Waals surface area (Å²) in [7, 11) is 0. The minimum absolute atomic E-state index is 0.0548. The smallest absolute Gasteiger partial charge is 0.220 e. The quantitative estimate of drug-likeness (QED) is 0.621. The monoisotopic (exact) mass is 228 g/mol. The van der Waals surface area contributed by atoms with Crippen molar-refractivity contribution in [3.05, 3.63) is 0 Å². The molecule has 3 N–H and O–H groups in total. The van der Waals surface area contributed by atoms with Crippen molar-refractivity contribution in [1.29, 1.82) is 0 Å². The molecule has 3 atom stereocenters. The molecule has 3 unspecified atom stereocenters. The molecule has 16 heavy (non-hydrogen) atoms. The SMILES string of the molecule is CC(CO)C(C)NC(=O)CCC1CCNC1. The second-order valence-corrected chi connectivity index (χ2v) is 4.91. The van der Waals surface area contributed by atoms with Crippen LogP contribution >= 0.6 is 0 Å². The molecule has 1 fully saturated rings. The fraction of sp³-hybridized carbons (Fsp3) is 0.917. The summed E-state index contributed by atoms with van der Waals surface area (Å²) >= 11 is 0. The zero-order chi connectivity index (χ0) is 12.0. The van der Waals surface area contributed by atoms with Crippen LogP contribution in [-0.4, -0.2) is 36.8 Å². The van der Waals surface area contributed by atoms with E-state index < -0.39 is 0 Å². The van der Waals surface area contributed by atoms with Gasteiger partial charge in [-0.05, 0) is 44.7 Å². The number of aliphatic hydroxyl groups is 1. The van der Waals surface area contributed by atoms with E-state index in [1.807, 2.05) is 13.8 Å². The Balaban J connectivity index is 2.14. The molecule has 1 aliphatic rings. The van der Waals surface area contributed by atoms with Crippen molar-refractivity contribution >= 4 is 5.91 Å². The zero-order valence-electron chi connectivity index (χ0n) is 10.3. The van der Waals surface area contributed by atoms with Crippen LogP contribution in [0.1, 0.15) is 33.1 Å². The van der Waals surface area contributed by atoms with Gasteiger partial charge in [-0.1, -0.05) is 6.92 Å². The molecule has 0 spiro atoms. The number of nitrogens with one attached hydrogen (secondary N) is 2. The number of rotatable bonds is 6. The standard InChI is InChI=1S/C12H24N2O2/c1-9(8-15)10(2)14-12(16)4-3-11-5-6-13-7-11/h9-11,13,15H,3-8H2,1-2H3,(H,14,16). The predicted molar refractivity (Wildman–Crippen MR) is 64.1 cm³/mol. The lowest BCUT2D eigenvalue weighted by atomic mass is 10.0. The molecule has 94 valence electrons. The molecule has 0 bridgehead atoms. The Hall–Kier alpha value is -0.610. The van der Waals surface area contributed by atoms with Crippen LogP contribution in [0.3, 0.4) is 0 Å². The van der Waals surface area contributed by atoms with Crippen LogP contribution in [0.4, 0.5) is 0 Å². The average molecular weight is 228 g/mol. The summed E-state index contributed by atoms with van der Waals surface area (Å²) in [6.45, 7) is 6.13. The number of hydrogen-bond acceptors (Lipinski definition) is 3. The number of amides is 1. The van der Waals surface area contributed by atoms with Gasteiger partial charge in [0, 0.05) is 19.1 Å². The summed E-state index contributed by atoms with van der Waals surface area (Å²) < 4.78 is 0. The van der Waals surface area contributed by atoms with Gasteiger partial charge in [-0.25, -0.2) is 0 Å². The van der Waals surface area contributed by atoms with Gasteiger partial charge in [-0.15, -0.1) is 0 Å². The van der Waals surface area contributed by atoms with Gasteiger partial charge in [0.05, 0.1) is 0 Å². The Kier molecular flexibility index (Phi) is 5.77. The molecule has 1 saturated heterocycles. The fourth-order valence-electron chi connectivity index (χ4n) is 1.92. The van der Waals surface area contributed by atoms with Crippen molar-refractivity contribution in [3.8, 4) is 0 Å². The van der Waals surface area contributed by atoms with E-state index in [-0.39, 0.29) is 24.5 Å². The first-order valence-corrected chi connectivity index (χ1v) is 6.24. The largest absolute Gasteiger partial charge is 0.396 e. The van der Waals surface area contributed by atoms with E-state index in [2.05, 4.69) is 10.6 Å². The maximum absolute atomic E-state index is 11.6. The lowest BCUT2D eigenvalue weighted by Crippen LogP contribution is -2.38. The highest BCUT2D eigenvalue weighted by molar-refractivity contribution is 5.76. The van der Waals surface area contributed by atoms with E-state index in [1.165, 1.54) is 6.42 Å². The van der Waals surface area contributed by atoms with Gasteiger partial charge in [-0.3, -0.25) is 4.79 Å². The van der Waals surface area contributed by atoms with Gasteiger partial charge in [0.15, 0.2) is 0 Å². The first-order chi connectivity index (χ1) is 7.63. The molecule has 0 aromatic carbocycles. The van der Waals surface area contributed by atoms with Crippen molar-refractivity contribution in [1.82, 2.24) is 10.6 Å². The first-order valence-electron chi connectivity index (χ1n) is 6.24. The van der Waals surface area contributed by atoms with Crippen LogP contribution in [-0.2, 0) is 4.79 Å². The minimum atomic E-state index is 0.0548. The van der Waals surface area contributed by atoms with Gasteiger partial charge in [0.2, 0.25) is 5.91 Å². The molecule has 4 nitrogen and oxygen atoms in total. The molecule has 1 heterocycles. The molecule has 0 aliphatic carbocycles. The maximum Gasteiger partial charge on any atom is 0.220 e. The van der Waals surface area contributed by atoms with Crippen LogP contribution < -0.4 is 10.6 Å². The number of hydrogen-bond donors (Lipinski definition) is 3. The molecule has 1 rings (SSSR count). The maximum atomic E-state index is 11.6. The highest BCUT2D eigenvalue weighted by Crippen LogP contribution is 2.14. The second-order valence-electron chi connectivity index (χ2n) is 4.91. The highest BCUT2D eigenvalue weighted by atomic mass is 16.3. The van der Waals surface area contributed by atoms with E-state index in [0.717, 1.165) is 19.5 Å². The van der Waals surface area contributed by atoms with E-state index >= 15 is 0 Å². The van der Waals surface area contributed by atoms with E-state index in [0.29, 0.717) is 12.3 Å². The Bertz CT molecular complexity index is 215. The van der Waals surface area contributed by atoms with Gasteiger partial charge in [0.1, 0.15) is 0 Å². The summed E-state index contributed by atoms with van der Waals surface area (Å²) in [5, 5.41) is 15.2. The molecule has 0 saturated carbocycles. The Morgan fingerprint density at radius 1 is 1.56 bits per heavy atom. The Morgan fingerprint density at radius 2 is 2.31 bits per heavy atom. The normalized spacial score (nSPS) is 24.1. The number of aliphatic hydroxyl groups excluding tert-OH is 1. The van der Waals surface area contributed by atoms with Crippen molar-refractivity contribution in [3.63, 3.8) is 0 Å². The summed E-state index contributed by atoms with van der Waals surface area (Å²) in [4.78, 5) is 11.6. The lowest BCUT2D eigenvalue weighted by Gasteiger charge is -2.19. The zero-order valence-corrected chi connectivity index (χ0v) is 10.3. The molecule has 0 aromatic rings. The first kappa shape index (κ1) is 13.5.